The van der Waals surface area contributed by atoms with E-state index in [0.717, 1.165) is 10.5 Å². The molecular weight excluding hydrogens is 396 g/mol. The average Bonchev–Trinajstić information content (AvgIpc) is 3.01. The van der Waals surface area contributed by atoms with Gasteiger partial charge >= 0.3 is 5.97 Å². The van der Waals surface area contributed by atoms with Crippen LogP contribution in [0.3, 0.4) is 0 Å². The van der Waals surface area contributed by atoms with Crippen LogP contribution in [0.1, 0.15) is 46.0 Å². The minimum Gasteiger partial charge on any atom is -0.481 e. The lowest BCUT2D eigenvalue weighted by atomic mass is 9.88. The number of amides is 3. The molecular formula is C24H22N2O5. The Morgan fingerprint density at radius 2 is 1.58 bits per heavy atom. The van der Waals surface area contributed by atoms with E-state index in [9.17, 15) is 24.3 Å². The highest BCUT2D eigenvalue weighted by Gasteiger charge is 2.56. The number of carbonyl (C=O) groups is 4. The Morgan fingerprint density at radius 3 is 2.13 bits per heavy atom. The smallest absolute Gasteiger partial charge is 0.305 e. The van der Waals surface area contributed by atoms with E-state index in [0.29, 0.717) is 6.42 Å². The van der Waals surface area contributed by atoms with Crippen LogP contribution in [-0.2, 0) is 9.59 Å². The number of hydrogen-bond acceptors (Lipinski definition) is 4. The molecule has 0 aliphatic carbocycles. The highest BCUT2D eigenvalue weighted by Crippen LogP contribution is 2.36. The van der Waals surface area contributed by atoms with Gasteiger partial charge in [-0.15, -0.1) is 0 Å². The van der Waals surface area contributed by atoms with Crippen molar-refractivity contribution in [2.24, 2.45) is 0 Å². The number of benzene rings is 2. The monoisotopic (exact) mass is 418 g/mol. The van der Waals surface area contributed by atoms with Crippen molar-refractivity contribution in [3.05, 3.63) is 77.4 Å². The van der Waals surface area contributed by atoms with Crippen molar-refractivity contribution in [2.75, 3.05) is 0 Å². The van der Waals surface area contributed by atoms with Gasteiger partial charge < -0.3 is 10.0 Å². The van der Waals surface area contributed by atoms with Crippen molar-refractivity contribution >= 4 is 29.8 Å². The predicted octanol–water partition coefficient (Wildman–Crippen LogP) is 2.83. The molecule has 2 heterocycles. The summed E-state index contributed by atoms with van der Waals surface area (Å²) in [5.74, 6) is -2.41. The lowest BCUT2D eigenvalue weighted by Gasteiger charge is -2.51. The second-order valence-electron chi connectivity index (χ2n) is 7.64. The third kappa shape index (κ3) is 3.52. The molecule has 1 N–H and O–H groups in total. The number of fused-ring (bicyclic) bond motifs is 1. The molecule has 7 nitrogen and oxygen atoms in total. The third-order valence-electron chi connectivity index (χ3n) is 5.82. The molecule has 2 aliphatic rings. The van der Waals surface area contributed by atoms with Crippen molar-refractivity contribution in [1.29, 1.82) is 0 Å². The molecule has 2 aromatic carbocycles. The van der Waals surface area contributed by atoms with E-state index >= 15 is 0 Å². The molecule has 1 fully saturated rings. The minimum absolute atomic E-state index is 0.202. The van der Waals surface area contributed by atoms with Gasteiger partial charge in [0.15, 0.2) is 0 Å². The Morgan fingerprint density at radius 1 is 1.00 bits per heavy atom. The second-order valence-corrected chi connectivity index (χ2v) is 7.64. The van der Waals surface area contributed by atoms with Crippen LogP contribution < -0.4 is 0 Å². The van der Waals surface area contributed by atoms with Crippen LogP contribution in [0.25, 0.3) is 6.08 Å². The number of carbonyl (C=O) groups excluding carboxylic acids is 3. The van der Waals surface area contributed by atoms with Gasteiger partial charge in [0, 0.05) is 6.04 Å². The summed E-state index contributed by atoms with van der Waals surface area (Å²) in [5.41, 5.74) is 1.46. The SMILES string of the molecule is CC[C@H](CC(=O)O)N1C(=O)[C@@H](N2C(=O)c3ccccc3C2=O)[C@H]1C=Cc1ccccc1. The van der Waals surface area contributed by atoms with E-state index in [1.54, 1.807) is 30.3 Å². The quantitative estimate of drug-likeness (QED) is 0.551. The predicted molar refractivity (Wildman–Crippen MR) is 113 cm³/mol. The molecule has 0 unspecified atom stereocenters. The molecule has 0 saturated carbocycles. The van der Waals surface area contributed by atoms with Gasteiger partial charge in [0.05, 0.1) is 23.6 Å². The average molecular weight is 418 g/mol. The lowest BCUT2D eigenvalue weighted by Crippen LogP contribution is -2.73. The molecule has 7 heteroatoms. The minimum atomic E-state index is -1.00. The molecule has 1 saturated heterocycles. The van der Waals surface area contributed by atoms with Crippen molar-refractivity contribution in [1.82, 2.24) is 9.80 Å². The highest BCUT2D eigenvalue weighted by molar-refractivity contribution is 6.23. The Hall–Kier alpha value is -3.74. The second kappa shape index (κ2) is 8.18. The highest BCUT2D eigenvalue weighted by atomic mass is 16.4. The van der Waals surface area contributed by atoms with E-state index in [-0.39, 0.29) is 17.5 Å². The van der Waals surface area contributed by atoms with E-state index < -0.39 is 41.8 Å². The van der Waals surface area contributed by atoms with Crippen molar-refractivity contribution < 1.29 is 24.3 Å². The van der Waals surface area contributed by atoms with Gasteiger partial charge in [0.2, 0.25) is 5.91 Å². The number of hydrogen-bond donors (Lipinski definition) is 1. The summed E-state index contributed by atoms with van der Waals surface area (Å²) < 4.78 is 0. The van der Waals surface area contributed by atoms with Crippen LogP contribution in [0.4, 0.5) is 0 Å². The fourth-order valence-corrected chi connectivity index (χ4v) is 4.28. The number of carboxylic acids is 1. The van der Waals surface area contributed by atoms with Gasteiger partial charge in [0.25, 0.3) is 11.8 Å². The molecule has 158 valence electrons. The van der Waals surface area contributed by atoms with Crippen molar-refractivity contribution in [3.63, 3.8) is 0 Å². The third-order valence-corrected chi connectivity index (χ3v) is 5.82. The number of likely N-dealkylation sites (tertiary alicyclic amines) is 1. The van der Waals surface area contributed by atoms with Crippen LogP contribution >= 0.6 is 0 Å². The zero-order valence-electron chi connectivity index (χ0n) is 17.0. The summed E-state index contributed by atoms with van der Waals surface area (Å²) in [7, 11) is 0. The summed E-state index contributed by atoms with van der Waals surface area (Å²) >= 11 is 0. The van der Waals surface area contributed by atoms with Crippen LogP contribution in [0.5, 0.6) is 0 Å². The fourth-order valence-electron chi connectivity index (χ4n) is 4.28. The number of β-lactam (4-membered cyclic amide) rings is 1. The molecule has 2 aromatic rings. The summed E-state index contributed by atoms with van der Waals surface area (Å²) in [6.45, 7) is 1.81. The van der Waals surface area contributed by atoms with Gasteiger partial charge in [-0.1, -0.05) is 61.5 Å². The van der Waals surface area contributed by atoms with E-state index in [1.165, 1.54) is 4.90 Å². The molecule has 0 spiro atoms. The topological polar surface area (TPSA) is 95.0 Å². The Bertz CT molecular complexity index is 1040. The van der Waals surface area contributed by atoms with Crippen molar-refractivity contribution in [2.45, 2.75) is 37.9 Å². The van der Waals surface area contributed by atoms with Gasteiger partial charge in [-0.3, -0.25) is 24.1 Å². The summed E-state index contributed by atoms with van der Waals surface area (Å²) in [6, 6.07) is 13.8. The first-order chi connectivity index (χ1) is 14.9. The first-order valence-electron chi connectivity index (χ1n) is 10.2. The standard InChI is InChI=1S/C24H22N2O5/c1-2-16(14-20(27)28)25-19(13-12-15-8-4-3-5-9-15)21(24(25)31)26-22(29)17-10-6-7-11-18(17)23(26)30/h3-13,16,19,21H,2,14H2,1H3,(H,27,28)/t16-,19-,21+/m1/s1. The van der Waals surface area contributed by atoms with E-state index in [4.69, 9.17) is 0 Å². The maximum atomic E-state index is 13.1. The Balaban J connectivity index is 1.69. The van der Waals surface area contributed by atoms with Gasteiger partial charge in [-0.25, -0.2) is 0 Å². The first kappa shape index (κ1) is 20.5. The van der Waals surface area contributed by atoms with Crippen LogP contribution in [0.2, 0.25) is 0 Å². The molecule has 0 aromatic heterocycles. The van der Waals surface area contributed by atoms with Gasteiger partial charge in [0.1, 0.15) is 6.04 Å². The normalized spacial score (nSPS) is 21.4. The molecule has 4 rings (SSSR count). The molecule has 2 aliphatic heterocycles. The summed E-state index contributed by atoms with van der Waals surface area (Å²) in [6.07, 6.45) is 3.84. The van der Waals surface area contributed by atoms with Crippen LogP contribution in [0, 0.1) is 0 Å². The molecule has 0 radical (unpaired) electrons. The van der Waals surface area contributed by atoms with Crippen LogP contribution in [-0.4, -0.2) is 56.7 Å². The number of nitrogens with zero attached hydrogens (tertiary/aromatic N) is 2. The summed E-state index contributed by atoms with van der Waals surface area (Å²) in [4.78, 5) is 52.9. The largest absolute Gasteiger partial charge is 0.481 e. The van der Waals surface area contributed by atoms with Gasteiger partial charge in [-0.2, -0.15) is 0 Å². The maximum absolute atomic E-state index is 13.1. The van der Waals surface area contributed by atoms with Crippen LogP contribution in [0.15, 0.2) is 60.7 Å². The number of carboxylic acid groups (broad SMARTS) is 1. The molecule has 3 amide bonds. The number of rotatable bonds is 7. The number of imide groups is 1. The first-order valence-corrected chi connectivity index (χ1v) is 10.2. The zero-order valence-corrected chi connectivity index (χ0v) is 17.0. The fraction of sp³-hybridized carbons (Fsp3) is 0.250. The van der Waals surface area contributed by atoms with Gasteiger partial charge in [-0.05, 0) is 24.1 Å². The molecule has 3 atom stereocenters. The Labute approximate surface area is 179 Å². The zero-order chi connectivity index (χ0) is 22.1. The Kier molecular flexibility index (Phi) is 5.42. The molecule has 31 heavy (non-hydrogen) atoms. The maximum Gasteiger partial charge on any atom is 0.305 e. The lowest BCUT2D eigenvalue weighted by molar-refractivity contribution is -0.158. The van der Waals surface area contributed by atoms with Crippen molar-refractivity contribution in [3.8, 4) is 0 Å². The van der Waals surface area contributed by atoms with E-state index in [1.807, 2.05) is 43.3 Å². The number of aliphatic carboxylic acids is 1. The van der Waals surface area contributed by atoms with E-state index in [2.05, 4.69) is 0 Å². The summed E-state index contributed by atoms with van der Waals surface area (Å²) in [5, 5.41) is 9.27. The molecule has 0 bridgehead atoms.